The number of phenolic OH excluding ortho intramolecular Hbond substituents is 1. The molecule has 1 amide bonds. The molecular formula is C20H25N3O2. The SMILES string of the molecule is CC(=O)Nc1ccc(CN2CCN(Cc3cccc(O)c3)CC2)cc1. The fourth-order valence-corrected chi connectivity index (χ4v) is 3.17. The Kier molecular flexibility index (Phi) is 5.68. The van der Waals surface area contributed by atoms with Crippen LogP contribution in [0.2, 0.25) is 0 Å². The van der Waals surface area contributed by atoms with Gasteiger partial charge in [-0.1, -0.05) is 24.3 Å². The number of carbonyl (C=O) groups is 1. The Balaban J connectivity index is 1.46. The Labute approximate surface area is 148 Å². The first-order valence-electron chi connectivity index (χ1n) is 8.67. The van der Waals surface area contributed by atoms with Crippen LogP contribution in [0.15, 0.2) is 48.5 Å². The summed E-state index contributed by atoms with van der Waals surface area (Å²) in [7, 11) is 0. The largest absolute Gasteiger partial charge is 0.508 e. The number of carbonyl (C=O) groups excluding carboxylic acids is 1. The highest BCUT2D eigenvalue weighted by atomic mass is 16.3. The van der Waals surface area contributed by atoms with Gasteiger partial charge in [-0.2, -0.15) is 0 Å². The molecule has 1 aliphatic heterocycles. The molecule has 5 nitrogen and oxygen atoms in total. The lowest BCUT2D eigenvalue weighted by Gasteiger charge is -2.34. The summed E-state index contributed by atoms with van der Waals surface area (Å²) in [5, 5.41) is 12.4. The van der Waals surface area contributed by atoms with E-state index in [9.17, 15) is 9.90 Å². The number of hydrogen-bond acceptors (Lipinski definition) is 4. The Morgan fingerprint density at radius 3 is 2.12 bits per heavy atom. The Bertz CT molecular complexity index is 707. The van der Waals surface area contributed by atoms with E-state index < -0.39 is 0 Å². The van der Waals surface area contributed by atoms with Crippen LogP contribution in [0, 0.1) is 0 Å². The molecule has 1 fully saturated rings. The number of rotatable bonds is 5. The van der Waals surface area contributed by atoms with Gasteiger partial charge >= 0.3 is 0 Å². The van der Waals surface area contributed by atoms with Crippen LogP contribution in [-0.2, 0) is 17.9 Å². The molecule has 5 heteroatoms. The fourth-order valence-electron chi connectivity index (χ4n) is 3.17. The first-order valence-corrected chi connectivity index (χ1v) is 8.67. The lowest BCUT2D eigenvalue weighted by Crippen LogP contribution is -2.45. The van der Waals surface area contributed by atoms with Crippen molar-refractivity contribution < 1.29 is 9.90 Å². The number of aromatic hydroxyl groups is 1. The van der Waals surface area contributed by atoms with Gasteiger partial charge in [0.1, 0.15) is 5.75 Å². The molecular weight excluding hydrogens is 314 g/mol. The van der Waals surface area contributed by atoms with Crippen molar-refractivity contribution in [2.24, 2.45) is 0 Å². The maximum atomic E-state index is 11.1. The second-order valence-electron chi connectivity index (χ2n) is 6.60. The highest BCUT2D eigenvalue weighted by Gasteiger charge is 2.17. The molecule has 0 saturated carbocycles. The van der Waals surface area contributed by atoms with E-state index in [0.29, 0.717) is 5.75 Å². The molecule has 2 aromatic rings. The van der Waals surface area contributed by atoms with Gasteiger partial charge in [0.05, 0.1) is 0 Å². The van der Waals surface area contributed by atoms with Crippen LogP contribution in [0.4, 0.5) is 5.69 Å². The predicted octanol–water partition coefficient (Wildman–Crippen LogP) is 2.67. The van der Waals surface area contributed by atoms with Crippen molar-refractivity contribution in [2.75, 3.05) is 31.5 Å². The molecule has 0 aromatic heterocycles. The fraction of sp³-hybridized carbons (Fsp3) is 0.350. The maximum absolute atomic E-state index is 11.1. The van der Waals surface area contributed by atoms with Crippen LogP contribution in [0.1, 0.15) is 18.1 Å². The summed E-state index contributed by atoms with van der Waals surface area (Å²) in [6, 6.07) is 15.6. The molecule has 0 aliphatic carbocycles. The molecule has 1 aliphatic rings. The standard InChI is InChI=1S/C20H25N3O2/c1-16(24)21-19-7-5-17(6-8-19)14-22-9-11-23(12-10-22)15-18-3-2-4-20(25)13-18/h2-8,13,25H,9-12,14-15H2,1H3,(H,21,24). The first-order chi connectivity index (χ1) is 12.1. The first kappa shape index (κ1) is 17.5. The molecule has 2 aromatic carbocycles. The van der Waals surface area contributed by atoms with Crippen molar-refractivity contribution in [3.63, 3.8) is 0 Å². The number of piperazine rings is 1. The molecule has 25 heavy (non-hydrogen) atoms. The summed E-state index contributed by atoms with van der Waals surface area (Å²) in [4.78, 5) is 15.9. The van der Waals surface area contributed by atoms with Gasteiger partial charge in [0.15, 0.2) is 0 Å². The molecule has 3 rings (SSSR count). The zero-order chi connectivity index (χ0) is 17.6. The van der Waals surface area contributed by atoms with Crippen LogP contribution in [0.25, 0.3) is 0 Å². The van der Waals surface area contributed by atoms with E-state index >= 15 is 0 Å². The number of nitrogens with one attached hydrogen (secondary N) is 1. The third kappa shape index (κ3) is 5.31. The average Bonchev–Trinajstić information content (AvgIpc) is 2.58. The van der Waals surface area contributed by atoms with Crippen LogP contribution in [0.3, 0.4) is 0 Å². The van der Waals surface area contributed by atoms with Gasteiger partial charge in [0.25, 0.3) is 0 Å². The molecule has 0 radical (unpaired) electrons. The third-order valence-corrected chi connectivity index (χ3v) is 4.46. The summed E-state index contributed by atoms with van der Waals surface area (Å²) in [5.74, 6) is 0.287. The minimum absolute atomic E-state index is 0.0457. The summed E-state index contributed by atoms with van der Waals surface area (Å²) >= 11 is 0. The van der Waals surface area contributed by atoms with Crippen molar-refractivity contribution in [2.45, 2.75) is 20.0 Å². The smallest absolute Gasteiger partial charge is 0.221 e. The van der Waals surface area contributed by atoms with Crippen LogP contribution in [0.5, 0.6) is 5.75 Å². The number of amides is 1. The Hall–Kier alpha value is -2.37. The normalized spacial score (nSPS) is 15.9. The minimum Gasteiger partial charge on any atom is -0.508 e. The van der Waals surface area contributed by atoms with Crippen molar-refractivity contribution in [3.05, 3.63) is 59.7 Å². The molecule has 1 saturated heterocycles. The zero-order valence-electron chi connectivity index (χ0n) is 14.6. The average molecular weight is 339 g/mol. The number of anilines is 1. The quantitative estimate of drug-likeness (QED) is 0.879. The topological polar surface area (TPSA) is 55.8 Å². The summed E-state index contributed by atoms with van der Waals surface area (Å²) < 4.78 is 0. The van der Waals surface area contributed by atoms with Gasteiger partial charge in [-0.05, 0) is 35.4 Å². The van der Waals surface area contributed by atoms with E-state index in [4.69, 9.17) is 0 Å². The van der Waals surface area contributed by atoms with Gasteiger partial charge in [0, 0.05) is 51.9 Å². The molecule has 132 valence electrons. The van der Waals surface area contributed by atoms with Gasteiger partial charge in [-0.25, -0.2) is 0 Å². The number of hydrogen-bond donors (Lipinski definition) is 2. The minimum atomic E-state index is -0.0457. The van der Waals surface area contributed by atoms with Crippen LogP contribution < -0.4 is 5.32 Å². The van der Waals surface area contributed by atoms with Crippen molar-refractivity contribution >= 4 is 11.6 Å². The maximum Gasteiger partial charge on any atom is 0.221 e. The molecule has 2 N–H and O–H groups in total. The number of phenols is 1. The monoisotopic (exact) mass is 339 g/mol. The zero-order valence-corrected chi connectivity index (χ0v) is 14.6. The van der Waals surface area contributed by atoms with Crippen LogP contribution in [-0.4, -0.2) is 47.0 Å². The van der Waals surface area contributed by atoms with Gasteiger partial charge in [0.2, 0.25) is 5.91 Å². The lowest BCUT2D eigenvalue weighted by atomic mass is 10.1. The molecule has 0 atom stereocenters. The summed E-state index contributed by atoms with van der Waals surface area (Å²) in [5.41, 5.74) is 3.25. The van der Waals surface area contributed by atoms with E-state index in [2.05, 4.69) is 33.3 Å². The highest BCUT2D eigenvalue weighted by molar-refractivity contribution is 5.88. The molecule has 0 bridgehead atoms. The molecule has 0 spiro atoms. The van der Waals surface area contributed by atoms with Crippen molar-refractivity contribution in [1.82, 2.24) is 9.80 Å². The highest BCUT2D eigenvalue weighted by Crippen LogP contribution is 2.16. The second-order valence-corrected chi connectivity index (χ2v) is 6.60. The van der Waals surface area contributed by atoms with E-state index in [0.717, 1.165) is 50.5 Å². The van der Waals surface area contributed by atoms with Gasteiger partial charge in [-0.15, -0.1) is 0 Å². The number of nitrogens with zero attached hydrogens (tertiary/aromatic N) is 2. The van der Waals surface area contributed by atoms with Crippen molar-refractivity contribution in [1.29, 1.82) is 0 Å². The van der Waals surface area contributed by atoms with E-state index in [1.54, 1.807) is 6.07 Å². The van der Waals surface area contributed by atoms with E-state index in [1.807, 2.05) is 24.3 Å². The van der Waals surface area contributed by atoms with Gasteiger partial charge in [-0.3, -0.25) is 14.6 Å². The third-order valence-electron chi connectivity index (χ3n) is 4.46. The summed E-state index contributed by atoms with van der Waals surface area (Å²) in [6.07, 6.45) is 0. The molecule has 0 unspecified atom stereocenters. The summed E-state index contributed by atoms with van der Waals surface area (Å²) in [6.45, 7) is 7.45. The Morgan fingerprint density at radius 1 is 0.960 bits per heavy atom. The second kappa shape index (κ2) is 8.14. The Morgan fingerprint density at radius 2 is 1.56 bits per heavy atom. The van der Waals surface area contributed by atoms with E-state index in [1.165, 1.54) is 12.5 Å². The van der Waals surface area contributed by atoms with E-state index in [-0.39, 0.29) is 5.91 Å². The molecule has 1 heterocycles. The lowest BCUT2D eigenvalue weighted by molar-refractivity contribution is -0.114. The van der Waals surface area contributed by atoms with Crippen LogP contribution >= 0.6 is 0 Å². The van der Waals surface area contributed by atoms with Gasteiger partial charge < -0.3 is 10.4 Å². The number of benzene rings is 2. The van der Waals surface area contributed by atoms with Crippen molar-refractivity contribution in [3.8, 4) is 5.75 Å². The predicted molar refractivity (Wildman–Crippen MR) is 99.4 cm³/mol.